The van der Waals surface area contributed by atoms with Crippen LogP contribution in [0, 0.1) is 0 Å². The Bertz CT molecular complexity index is 809. The van der Waals surface area contributed by atoms with Crippen LogP contribution in [0.3, 0.4) is 0 Å². The largest absolute Gasteiger partial charge is 0.486 e. The summed E-state index contributed by atoms with van der Waals surface area (Å²) in [6.07, 6.45) is 5.62. The molecule has 3 aliphatic heterocycles. The molecule has 0 radical (unpaired) electrons. The second-order valence-corrected chi connectivity index (χ2v) is 6.51. The average molecular weight is 350 g/mol. The molecular weight excluding hydrogens is 335 g/mol. The fourth-order valence-corrected chi connectivity index (χ4v) is 3.56. The molecule has 0 amide bonds. The third-order valence-corrected chi connectivity index (χ3v) is 5.03. The summed E-state index contributed by atoms with van der Waals surface area (Å²) in [5, 5.41) is 11.8. The summed E-state index contributed by atoms with van der Waals surface area (Å²) in [7, 11) is 0. The van der Waals surface area contributed by atoms with Crippen molar-refractivity contribution in [3.8, 4) is 0 Å². The van der Waals surface area contributed by atoms with E-state index in [1.807, 2.05) is 18.2 Å². The maximum absolute atomic E-state index is 10.8. The zero-order chi connectivity index (χ0) is 16.0. The predicted molar refractivity (Wildman–Crippen MR) is 89.9 cm³/mol. The summed E-state index contributed by atoms with van der Waals surface area (Å²) in [4.78, 5) is 4.56. The molecular formula is C17H15Cl2N2O2+. The van der Waals surface area contributed by atoms with Crippen LogP contribution in [0.25, 0.3) is 0 Å². The minimum absolute atomic E-state index is 0.372. The summed E-state index contributed by atoms with van der Waals surface area (Å²) < 4.78 is 7.15. The molecule has 1 N–H and O–H groups in total. The second kappa shape index (κ2) is 5.69. The summed E-state index contributed by atoms with van der Waals surface area (Å²) in [6.45, 7) is 1.28. The van der Waals surface area contributed by atoms with Gasteiger partial charge in [0.15, 0.2) is 11.5 Å². The topological polar surface area (TPSA) is 44.8 Å². The molecule has 1 atom stereocenters. The van der Waals surface area contributed by atoms with E-state index < -0.39 is 0 Å². The predicted octanol–water partition coefficient (Wildman–Crippen LogP) is 3.97. The van der Waals surface area contributed by atoms with Crippen LogP contribution in [0.2, 0.25) is 10.0 Å². The van der Waals surface area contributed by atoms with Gasteiger partial charge >= 0.3 is 0 Å². The molecule has 6 heteroatoms. The normalized spacial score (nSPS) is 23.2. The first-order valence-corrected chi connectivity index (χ1v) is 8.30. The molecule has 3 heterocycles. The van der Waals surface area contributed by atoms with Crippen molar-refractivity contribution in [1.29, 1.82) is 0 Å². The number of benzene rings is 1. The van der Waals surface area contributed by atoms with Crippen LogP contribution in [0.5, 0.6) is 0 Å². The molecule has 23 heavy (non-hydrogen) atoms. The molecule has 0 bridgehead atoms. The standard InChI is InChI=1S/C17H15Cl2N2O2/c18-12-6-5-10(9-13(12)19)16-11-3-2-8-23-17(11)15-14(21(16)22)4-1-7-20-15/h2-3,5-6,9,16,22H,1,4,7-8H2/q+1. The molecule has 1 aromatic carbocycles. The number of allylic oxidation sites excluding steroid dienone is 1. The highest BCUT2D eigenvalue weighted by molar-refractivity contribution is 6.47. The van der Waals surface area contributed by atoms with E-state index in [1.165, 1.54) is 4.74 Å². The maximum atomic E-state index is 10.8. The quantitative estimate of drug-likeness (QED) is 0.615. The van der Waals surface area contributed by atoms with Gasteiger partial charge in [-0.25, -0.2) is 0 Å². The van der Waals surface area contributed by atoms with Crippen LogP contribution in [0.1, 0.15) is 24.4 Å². The van der Waals surface area contributed by atoms with E-state index in [4.69, 9.17) is 27.9 Å². The Hall–Kier alpha value is -1.78. The van der Waals surface area contributed by atoms with Crippen molar-refractivity contribution in [3.05, 3.63) is 57.3 Å². The van der Waals surface area contributed by atoms with E-state index in [9.17, 15) is 5.21 Å². The van der Waals surface area contributed by atoms with E-state index in [-0.39, 0.29) is 6.04 Å². The Morgan fingerprint density at radius 3 is 2.96 bits per heavy atom. The lowest BCUT2D eigenvalue weighted by atomic mass is 9.89. The zero-order valence-corrected chi connectivity index (χ0v) is 13.8. The van der Waals surface area contributed by atoms with Gasteiger partial charge in [0.2, 0.25) is 0 Å². The first-order chi connectivity index (χ1) is 11.2. The lowest BCUT2D eigenvalue weighted by Crippen LogP contribution is -2.39. The summed E-state index contributed by atoms with van der Waals surface area (Å²) in [6, 6.07) is 5.04. The maximum Gasteiger partial charge on any atom is 0.257 e. The van der Waals surface area contributed by atoms with Gasteiger partial charge in [0.1, 0.15) is 6.61 Å². The van der Waals surface area contributed by atoms with Crippen molar-refractivity contribution in [2.75, 3.05) is 13.2 Å². The van der Waals surface area contributed by atoms with Crippen LogP contribution >= 0.6 is 23.2 Å². The molecule has 0 saturated heterocycles. The van der Waals surface area contributed by atoms with Crippen LogP contribution in [-0.4, -0.2) is 34.5 Å². The van der Waals surface area contributed by atoms with Crippen LogP contribution < -0.4 is 0 Å². The first kappa shape index (κ1) is 14.8. The van der Waals surface area contributed by atoms with Crippen LogP contribution in [0.4, 0.5) is 0 Å². The Kier molecular flexibility index (Phi) is 3.66. The molecule has 4 rings (SSSR count). The third-order valence-electron chi connectivity index (χ3n) is 4.29. The van der Waals surface area contributed by atoms with Crippen molar-refractivity contribution >= 4 is 34.6 Å². The minimum atomic E-state index is -0.372. The number of hydrogen-bond acceptors (Lipinski definition) is 3. The highest BCUT2D eigenvalue weighted by Gasteiger charge is 2.44. The monoisotopic (exact) mass is 349 g/mol. The fourth-order valence-electron chi connectivity index (χ4n) is 3.25. The molecule has 4 nitrogen and oxygen atoms in total. The van der Waals surface area contributed by atoms with Crippen molar-refractivity contribution in [2.24, 2.45) is 4.99 Å². The molecule has 0 fully saturated rings. The lowest BCUT2D eigenvalue weighted by molar-refractivity contribution is -0.799. The Balaban J connectivity index is 1.91. The molecule has 0 spiro atoms. The first-order valence-electron chi connectivity index (χ1n) is 7.54. The number of fused-ring (bicyclic) bond motifs is 2. The number of aliphatic imine (C=N–C) groups is 1. The molecule has 3 aliphatic rings. The van der Waals surface area contributed by atoms with Crippen molar-refractivity contribution in [1.82, 2.24) is 0 Å². The highest BCUT2D eigenvalue weighted by Crippen LogP contribution is 2.37. The molecule has 0 aromatic heterocycles. The van der Waals surface area contributed by atoms with E-state index in [0.29, 0.717) is 16.7 Å². The van der Waals surface area contributed by atoms with E-state index in [0.717, 1.165) is 47.7 Å². The van der Waals surface area contributed by atoms with Gasteiger partial charge in [-0.2, -0.15) is 0 Å². The van der Waals surface area contributed by atoms with Gasteiger partial charge in [0.25, 0.3) is 11.8 Å². The zero-order valence-electron chi connectivity index (χ0n) is 12.3. The summed E-state index contributed by atoms with van der Waals surface area (Å²) >= 11 is 12.2. The number of rotatable bonds is 1. The SMILES string of the molecule is O[N+]1=C2CCCN=C2C2=C(C=CCO2)C1c1ccc(Cl)c(Cl)c1. The van der Waals surface area contributed by atoms with Crippen molar-refractivity contribution in [2.45, 2.75) is 18.9 Å². The molecule has 1 aromatic rings. The van der Waals surface area contributed by atoms with E-state index >= 15 is 0 Å². The second-order valence-electron chi connectivity index (χ2n) is 5.70. The Morgan fingerprint density at radius 1 is 1.26 bits per heavy atom. The average Bonchev–Trinajstić information content (AvgIpc) is 2.58. The van der Waals surface area contributed by atoms with Gasteiger partial charge in [0.05, 0.1) is 15.6 Å². The van der Waals surface area contributed by atoms with Gasteiger partial charge < -0.3 is 4.74 Å². The third kappa shape index (κ3) is 2.37. The number of nitrogens with zero attached hydrogens (tertiary/aromatic N) is 2. The van der Waals surface area contributed by atoms with Gasteiger partial charge in [-0.15, -0.1) is 0 Å². The number of hydrogen-bond donors (Lipinski definition) is 1. The van der Waals surface area contributed by atoms with Crippen LogP contribution in [0.15, 0.2) is 46.7 Å². The Labute approximate surface area is 144 Å². The molecule has 0 aliphatic carbocycles. The fraction of sp³-hybridized carbons (Fsp3) is 0.294. The highest BCUT2D eigenvalue weighted by atomic mass is 35.5. The summed E-state index contributed by atoms with van der Waals surface area (Å²) in [5.41, 5.74) is 3.33. The van der Waals surface area contributed by atoms with Gasteiger partial charge in [-0.3, -0.25) is 10.2 Å². The molecule has 0 saturated carbocycles. The Morgan fingerprint density at radius 2 is 2.13 bits per heavy atom. The van der Waals surface area contributed by atoms with E-state index in [1.54, 1.807) is 12.1 Å². The van der Waals surface area contributed by atoms with Crippen LogP contribution in [-0.2, 0) is 4.74 Å². The summed E-state index contributed by atoms with van der Waals surface area (Å²) in [5.74, 6) is 0.767. The lowest BCUT2D eigenvalue weighted by Gasteiger charge is -2.27. The number of ether oxygens (including phenoxy) is 1. The molecule has 1 unspecified atom stereocenters. The molecule has 118 valence electrons. The van der Waals surface area contributed by atoms with Crippen molar-refractivity contribution < 1.29 is 14.7 Å². The van der Waals surface area contributed by atoms with Gasteiger partial charge in [0, 0.05) is 18.5 Å². The number of halogens is 2. The minimum Gasteiger partial charge on any atom is -0.486 e. The van der Waals surface area contributed by atoms with Gasteiger partial charge in [-0.05, 0) is 35.4 Å². The van der Waals surface area contributed by atoms with Crippen molar-refractivity contribution in [3.63, 3.8) is 0 Å². The van der Waals surface area contributed by atoms with Gasteiger partial charge in [-0.1, -0.05) is 29.3 Å². The number of hydroxylamine groups is 1. The smallest absolute Gasteiger partial charge is 0.257 e. The van der Waals surface area contributed by atoms with E-state index in [2.05, 4.69) is 4.99 Å².